The highest BCUT2D eigenvalue weighted by molar-refractivity contribution is 5.79. The molecule has 2 aromatic rings. The lowest BCUT2D eigenvalue weighted by Crippen LogP contribution is -2.33. The van der Waals surface area contributed by atoms with Crippen LogP contribution in [0.15, 0.2) is 48.5 Å². The first kappa shape index (κ1) is 22.3. The molecule has 1 aliphatic carbocycles. The number of aliphatic carboxylic acids is 1. The van der Waals surface area contributed by atoms with E-state index in [1.807, 2.05) is 31.2 Å². The van der Waals surface area contributed by atoms with Crippen molar-refractivity contribution in [3.05, 3.63) is 59.7 Å². The number of amides is 2. The van der Waals surface area contributed by atoms with Gasteiger partial charge in [0.1, 0.15) is 6.61 Å². The van der Waals surface area contributed by atoms with E-state index in [0.717, 1.165) is 11.1 Å². The fraction of sp³-hybridized carbons (Fsp3) is 0.375. The largest absolute Gasteiger partial charge is 0.481 e. The summed E-state index contributed by atoms with van der Waals surface area (Å²) in [7, 11) is 0. The molecule has 0 fully saturated rings. The molecule has 31 heavy (non-hydrogen) atoms. The molecule has 0 radical (unpaired) electrons. The number of hydrogen-bond donors (Lipinski definition) is 2. The quantitative estimate of drug-likeness (QED) is 0.568. The number of fused-ring (bicyclic) bond motifs is 3. The molecular weight excluding hydrogens is 396 g/mol. The molecular formula is C24H28N2O5. The Morgan fingerprint density at radius 2 is 1.61 bits per heavy atom. The Morgan fingerprint density at radius 3 is 2.19 bits per heavy atom. The highest BCUT2D eigenvalue weighted by Crippen LogP contribution is 2.44. The number of carbonyl (C=O) groups is 3. The van der Waals surface area contributed by atoms with Crippen LogP contribution in [0.5, 0.6) is 0 Å². The number of carboxylic acid groups (broad SMARTS) is 1. The monoisotopic (exact) mass is 424 g/mol. The summed E-state index contributed by atoms with van der Waals surface area (Å²) >= 11 is 0. The molecule has 3 rings (SSSR count). The number of ether oxygens (including phenoxy) is 1. The van der Waals surface area contributed by atoms with Crippen LogP contribution in [0.4, 0.5) is 4.79 Å². The molecule has 7 nitrogen and oxygen atoms in total. The lowest BCUT2D eigenvalue weighted by atomic mass is 9.98. The zero-order valence-corrected chi connectivity index (χ0v) is 17.7. The highest BCUT2D eigenvalue weighted by Gasteiger charge is 2.28. The first-order chi connectivity index (χ1) is 15.0. The van der Waals surface area contributed by atoms with Crippen LogP contribution in [0.3, 0.4) is 0 Å². The van der Waals surface area contributed by atoms with Crippen molar-refractivity contribution in [2.75, 3.05) is 26.2 Å². The third kappa shape index (κ3) is 5.63. The Bertz CT molecular complexity index is 898. The average molecular weight is 424 g/mol. The molecule has 0 saturated heterocycles. The Morgan fingerprint density at radius 1 is 1.00 bits per heavy atom. The standard InChI is InChI=1S/C24H28N2O5/c1-2-26(15-13-23(28)29)22(27)12-7-14-25-24(30)31-16-21-19-10-5-3-8-17(19)18-9-4-6-11-20(18)21/h3-6,8-11,21H,2,7,12-16H2,1H3,(H,25,30)(H,28,29). The van der Waals surface area contributed by atoms with E-state index in [2.05, 4.69) is 29.6 Å². The van der Waals surface area contributed by atoms with Crippen LogP contribution < -0.4 is 5.32 Å². The number of nitrogens with one attached hydrogen (secondary N) is 1. The summed E-state index contributed by atoms with van der Waals surface area (Å²) < 4.78 is 5.47. The van der Waals surface area contributed by atoms with Crippen molar-refractivity contribution in [3.8, 4) is 11.1 Å². The smallest absolute Gasteiger partial charge is 0.407 e. The van der Waals surface area contributed by atoms with E-state index in [4.69, 9.17) is 9.84 Å². The fourth-order valence-corrected chi connectivity index (χ4v) is 3.93. The van der Waals surface area contributed by atoms with Gasteiger partial charge in [-0.1, -0.05) is 48.5 Å². The molecule has 0 saturated carbocycles. The first-order valence-electron chi connectivity index (χ1n) is 10.6. The van der Waals surface area contributed by atoms with Gasteiger partial charge in [0.25, 0.3) is 0 Å². The third-order valence-corrected chi connectivity index (χ3v) is 5.51. The third-order valence-electron chi connectivity index (χ3n) is 5.51. The Labute approximate surface area is 182 Å². The van der Waals surface area contributed by atoms with Crippen molar-refractivity contribution >= 4 is 18.0 Å². The molecule has 0 atom stereocenters. The van der Waals surface area contributed by atoms with E-state index >= 15 is 0 Å². The zero-order valence-electron chi connectivity index (χ0n) is 17.7. The summed E-state index contributed by atoms with van der Waals surface area (Å²) in [5.41, 5.74) is 4.66. The van der Waals surface area contributed by atoms with Crippen LogP contribution in [-0.4, -0.2) is 54.2 Å². The summed E-state index contributed by atoms with van der Waals surface area (Å²) in [5.74, 6) is -1.03. The molecule has 0 heterocycles. The zero-order chi connectivity index (χ0) is 22.2. The summed E-state index contributed by atoms with van der Waals surface area (Å²) in [6.45, 7) is 3.04. The van der Waals surface area contributed by atoms with Crippen LogP contribution in [0.25, 0.3) is 11.1 Å². The lowest BCUT2D eigenvalue weighted by Gasteiger charge is -2.20. The van der Waals surface area contributed by atoms with Crippen LogP contribution in [0.2, 0.25) is 0 Å². The number of rotatable bonds is 10. The van der Waals surface area contributed by atoms with E-state index in [0.29, 0.717) is 19.5 Å². The highest BCUT2D eigenvalue weighted by atomic mass is 16.5. The molecule has 2 N–H and O–H groups in total. The number of benzene rings is 2. The van der Waals surface area contributed by atoms with Crippen molar-refractivity contribution in [1.82, 2.24) is 10.2 Å². The van der Waals surface area contributed by atoms with Gasteiger partial charge in [-0.05, 0) is 35.6 Å². The number of hydrogen-bond acceptors (Lipinski definition) is 4. The second kappa shape index (κ2) is 10.6. The minimum absolute atomic E-state index is 0.00655. The predicted molar refractivity (Wildman–Crippen MR) is 117 cm³/mol. The number of nitrogens with zero attached hydrogens (tertiary/aromatic N) is 1. The van der Waals surface area contributed by atoms with Crippen LogP contribution >= 0.6 is 0 Å². The van der Waals surface area contributed by atoms with Crippen molar-refractivity contribution < 1.29 is 24.2 Å². The van der Waals surface area contributed by atoms with Crippen molar-refractivity contribution in [2.45, 2.75) is 32.1 Å². The van der Waals surface area contributed by atoms with E-state index in [9.17, 15) is 14.4 Å². The van der Waals surface area contributed by atoms with E-state index in [-0.39, 0.29) is 37.8 Å². The van der Waals surface area contributed by atoms with Crippen molar-refractivity contribution in [2.24, 2.45) is 0 Å². The number of carboxylic acids is 1. The summed E-state index contributed by atoms with van der Waals surface area (Å²) in [6, 6.07) is 16.3. The Kier molecular flexibility index (Phi) is 7.65. The fourth-order valence-electron chi connectivity index (χ4n) is 3.93. The van der Waals surface area contributed by atoms with Gasteiger partial charge < -0.3 is 20.1 Å². The predicted octanol–water partition coefficient (Wildman–Crippen LogP) is 3.63. The van der Waals surface area contributed by atoms with Gasteiger partial charge >= 0.3 is 12.1 Å². The van der Waals surface area contributed by atoms with Gasteiger partial charge in [-0.25, -0.2) is 4.79 Å². The van der Waals surface area contributed by atoms with Crippen LogP contribution in [0.1, 0.15) is 43.2 Å². The van der Waals surface area contributed by atoms with Gasteiger partial charge in [-0.3, -0.25) is 9.59 Å². The second-order valence-corrected chi connectivity index (χ2v) is 7.47. The molecule has 0 aromatic heterocycles. The lowest BCUT2D eigenvalue weighted by molar-refractivity contribution is -0.138. The second-order valence-electron chi connectivity index (χ2n) is 7.47. The maximum atomic E-state index is 12.2. The van der Waals surface area contributed by atoms with Gasteiger partial charge in [0.15, 0.2) is 0 Å². The minimum atomic E-state index is -0.928. The van der Waals surface area contributed by atoms with E-state index in [1.165, 1.54) is 16.0 Å². The molecule has 2 aromatic carbocycles. The number of carbonyl (C=O) groups excluding carboxylic acids is 2. The normalized spacial score (nSPS) is 12.0. The molecule has 164 valence electrons. The molecule has 0 unspecified atom stereocenters. The van der Waals surface area contributed by atoms with E-state index < -0.39 is 12.1 Å². The average Bonchev–Trinajstić information content (AvgIpc) is 3.09. The van der Waals surface area contributed by atoms with Crippen LogP contribution in [-0.2, 0) is 14.3 Å². The van der Waals surface area contributed by atoms with Crippen LogP contribution in [0, 0.1) is 0 Å². The van der Waals surface area contributed by atoms with Gasteiger partial charge in [0, 0.05) is 32.0 Å². The van der Waals surface area contributed by atoms with Gasteiger partial charge in [-0.2, -0.15) is 0 Å². The molecule has 7 heteroatoms. The molecule has 0 aliphatic heterocycles. The topological polar surface area (TPSA) is 95.9 Å². The number of alkyl carbamates (subject to hydrolysis) is 1. The molecule has 0 bridgehead atoms. The SMILES string of the molecule is CCN(CCC(=O)O)C(=O)CCCNC(=O)OCC1c2ccccc2-c2ccccc21. The summed E-state index contributed by atoms with van der Waals surface area (Å²) in [6.07, 6.45) is 0.133. The van der Waals surface area contributed by atoms with Gasteiger partial charge in [0.05, 0.1) is 6.42 Å². The maximum Gasteiger partial charge on any atom is 0.407 e. The molecule has 0 spiro atoms. The summed E-state index contributed by atoms with van der Waals surface area (Å²) in [5, 5.41) is 11.4. The van der Waals surface area contributed by atoms with Gasteiger partial charge in [-0.15, -0.1) is 0 Å². The first-order valence-corrected chi connectivity index (χ1v) is 10.6. The van der Waals surface area contributed by atoms with Crippen molar-refractivity contribution in [3.63, 3.8) is 0 Å². The molecule has 2 amide bonds. The Balaban J connectivity index is 1.43. The molecule has 1 aliphatic rings. The summed E-state index contributed by atoms with van der Waals surface area (Å²) in [4.78, 5) is 36.5. The maximum absolute atomic E-state index is 12.2. The minimum Gasteiger partial charge on any atom is -0.481 e. The van der Waals surface area contributed by atoms with Gasteiger partial charge in [0.2, 0.25) is 5.91 Å². The Hall–Kier alpha value is -3.35. The van der Waals surface area contributed by atoms with E-state index in [1.54, 1.807) is 0 Å². The van der Waals surface area contributed by atoms with Crippen molar-refractivity contribution in [1.29, 1.82) is 0 Å².